The first-order valence-electron chi connectivity index (χ1n) is 14.0. The van der Waals surface area contributed by atoms with E-state index in [1.54, 1.807) is 0 Å². The molecule has 1 aromatic rings. The van der Waals surface area contributed by atoms with Crippen molar-refractivity contribution in [2.24, 2.45) is 17.8 Å². The van der Waals surface area contributed by atoms with Crippen molar-refractivity contribution < 1.29 is 19.1 Å². The Balaban J connectivity index is 1.38. The largest absolute Gasteiger partial charge is 0.453 e. The van der Waals surface area contributed by atoms with Gasteiger partial charge in [-0.25, -0.2) is 9.59 Å². The van der Waals surface area contributed by atoms with Crippen molar-refractivity contribution in [3.8, 4) is 0 Å². The summed E-state index contributed by atoms with van der Waals surface area (Å²) in [5, 5.41) is 10.2. The van der Waals surface area contributed by atoms with E-state index in [0.29, 0.717) is 30.6 Å². The number of nitrogens with one attached hydrogen (secondary N) is 3. The molecular formula is C28H43ClN4O4. The zero-order valence-corrected chi connectivity index (χ0v) is 22.8. The average molecular weight is 535 g/mol. The normalized spacial score (nSPS) is 25.8. The molecule has 37 heavy (non-hydrogen) atoms. The highest BCUT2D eigenvalue weighted by atomic mass is 35.5. The van der Waals surface area contributed by atoms with Crippen LogP contribution in [0.5, 0.6) is 0 Å². The maximum absolute atomic E-state index is 13.5. The second-order valence-corrected chi connectivity index (χ2v) is 11.2. The van der Waals surface area contributed by atoms with Gasteiger partial charge >= 0.3 is 12.1 Å². The van der Waals surface area contributed by atoms with Gasteiger partial charge < -0.3 is 30.3 Å². The Labute approximate surface area is 226 Å². The van der Waals surface area contributed by atoms with Gasteiger partial charge in [-0.3, -0.25) is 0 Å². The third kappa shape index (κ3) is 7.98. The molecule has 0 aromatic heterocycles. The molecule has 2 aliphatic heterocycles. The molecule has 1 saturated carbocycles. The molecule has 9 heteroatoms. The van der Waals surface area contributed by atoms with Gasteiger partial charge in [-0.05, 0) is 55.3 Å². The first-order valence-corrected chi connectivity index (χ1v) is 14.4. The van der Waals surface area contributed by atoms with Crippen LogP contribution in [0.15, 0.2) is 24.3 Å². The van der Waals surface area contributed by atoms with Gasteiger partial charge in [0, 0.05) is 43.2 Å². The molecule has 2 saturated heterocycles. The number of ether oxygens (including phenoxy) is 2. The maximum Gasteiger partial charge on any atom is 0.406 e. The number of likely N-dealkylation sites (tertiary alicyclic amines) is 1. The number of hydrogen-bond donors (Lipinski definition) is 3. The van der Waals surface area contributed by atoms with Crippen LogP contribution in [0.2, 0.25) is 5.02 Å². The van der Waals surface area contributed by atoms with Crippen LogP contribution in [0, 0.1) is 17.8 Å². The number of methoxy groups -OCH3 is 1. The number of nitrogens with zero attached hydrogens (tertiary/aromatic N) is 1. The van der Waals surface area contributed by atoms with Crippen LogP contribution in [-0.4, -0.2) is 69.5 Å². The van der Waals surface area contributed by atoms with E-state index in [2.05, 4.69) is 20.7 Å². The smallest absolute Gasteiger partial charge is 0.406 e. The minimum Gasteiger partial charge on any atom is -0.453 e. The summed E-state index contributed by atoms with van der Waals surface area (Å²) >= 11 is 6.31. The van der Waals surface area contributed by atoms with Crippen LogP contribution in [-0.2, 0) is 9.47 Å². The van der Waals surface area contributed by atoms with E-state index < -0.39 is 6.09 Å². The third-order valence-electron chi connectivity index (χ3n) is 8.30. The van der Waals surface area contributed by atoms with Crippen LogP contribution >= 0.6 is 11.6 Å². The van der Waals surface area contributed by atoms with E-state index in [4.69, 9.17) is 16.3 Å². The summed E-state index contributed by atoms with van der Waals surface area (Å²) in [5.41, 5.74) is 0.992. The van der Waals surface area contributed by atoms with Gasteiger partial charge in [-0.2, -0.15) is 0 Å². The van der Waals surface area contributed by atoms with Crippen molar-refractivity contribution in [1.82, 2.24) is 20.9 Å². The molecule has 2 heterocycles. The highest BCUT2D eigenvalue weighted by Gasteiger charge is 2.36. The van der Waals surface area contributed by atoms with E-state index >= 15 is 0 Å². The lowest BCUT2D eigenvalue weighted by Gasteiger charge is -2.42. The molecule has 4 atom stereocenters. The van der Waals surface area contributed by atoms with E-state index in [-0.39, 0.29) is 24.1 Å². The predicted molar refractivity (Wildman–Crippen MR) is 145 cm³/mol. The quantitative estimate of drug-likeness (QED) is 0.419. The van der Waals surface area contributed by atoms with Gasteiger partial charge in [0.15, 0.2) is 0 Å². The standard InChI is InChI=1S/C28H43ClN4O4/c1-36-28(35)31-14-16-37-26(21-9-5-11-23(29)17-21)22-10-6-15-33(19-22)27(34)32-25-18-30-13-12-24(25)20-7-3-2-4-8-20/h5,9,11,17,20,22,24-26,30H,2-4,6-8,10,12-16,18-19H2,1H3,(H,31,35)(H,32,34)/t22?,24-,25+,26-/m0/s1. The maximum atomic E-state index is 13.5. The Hall–Kier alpha value is -2.03. The van der Waals surface area contributed by atoms with Gasteiger partial charge in [0.05, 0.1) is 19.8 Å². The molecule has 0 bridgehead atoms. The Bertz CT molecular complexity index is 881. The van der Waals surface area contributed by atoms with Gasteiger partial charge in [0.1, 0.15) is 0 Å². The number of rotatable bonds is 8. The highest BCUT2D eigenvalue weighted by molar-refractivity contribution is 6.30. The SMILES string of the molecule is COC(=O)NCCO[C@@H](c1cccc(Cl)c1)C1CCCN(C(=O)N[C@@H]2CNCC[C@H]2C2CCCCC2)C1. The second kappa shape index (κ2) is 14.2. The summed E-state index contributed by atoms with van der Waals surface area (Å²) < 4.78 is 10.9. The Morgan fingerprint density at radius 3 is 2.78 bits per heavy atom. The number of hydrogen-bond acceptors (Lipinski definition) is 5. The predicted octanol–water partition coefficient (Wildman–Crippen LogP) is 4.73. The molecule has 3 amide bonds. The molecule has 3 fully saturated rings. The summed E-state index contributed by atoms with van der Waals surface area (Å²) in [6, 6.07) is 7.95. The molecule has 1 aliphatic carbocycles. The second-order valence-electron chi connectivity index (χ2n) is 10.7. The number of urea groups is 1. The summed E-state index contributed by atoms with van der Waals surface area (Å²) in [6.07, 6.45) is 8.91. The van der Waals surface area contributed by atoms with E-state index in [1.807, 2.05) is 29.2 Å². The lowest BCUT2D eigenvalue weighted by atomic mass is 9.74. The number of carbonyl (C=O) groups is 2. The van der Waals surface area contributed by atoms with Crippen LogP contribution in [0.3, 0.4) is 0 Å². The number of halogens is 1. The fourth-order valence-corrected chi connectivity index (χ4v) is 6.65. The minimum atomic E-state index is -0.479. The lowest BCUT2D eigenvalue weighted by Crippen LogP contribution is -2.57. The van der Waals surface area contributed by atoms with Gasteiger partial charge in [0.2, 0.25) is 0 Å². The molecule has 8 nitrogen and oxygen atoms in total. The summed E-state index contributed by atoms with van der Waals surface area (Å²) in [7, 11) is 1.34. The topological polar surface area (TPSA) is 91.9 Å². The van der Waals surface area contributed by atoms with Crippen molar-refractivity contribution >= 4 is 23.7 Å². The molecule has 0 radical (unpaired) electrons. The molecule has 1 aromatic carbocycles. The zero-order valence-electron chi connectivity index (χ0n) is 22.1. The number of alkyl carbamates (subject to hydrolysis) is 1. The minimum absolute atomic E-state index is 0.0383. The molecule has 3 N–H and O–H groups in total. The van der Waals surface area contributed by atoms with E-state index in [1.165, 1.54) is 39.2 Å². The summed E-state index contributed by atoms with van der Waals surface area (Å²) in [4.78, 5) is 26.9. The van der Waals surface area contributed by atoms with E-state index in [9.17, 15) is 9.59 Å². The zero-order chi connectivity index (χ0) is 26.0. The van der Waals surface area contributed by atoms with Crippen LogP contribution in [0.25, 0.3) is 0 Å². The molecule has 1 unspecified atom stereocenters. The third-order valence-corrected chi connectivity index (χ3v) is 8.54. The van der Waals surface area contributed by atoms with Crippen LogP contribution in [0.1, 0.15) is 63.0 Å². The van der Waals surface area contributed by atoms with Gasteiger partial charge in [-0.1, -0.05) is 55.8 Å². The Morgan fingerprint density at radius 2 is 2.00 bits per heavy atom. The van der Waals surface area contributed by atoms with Crippen LogP contribution in [0.4, 0.5) is 9.59 Å². The Morgan fingerprint density at radius 1 is 1.16 bits per heavy atom. The van der Waals surface area contributed by atoms with E-state index in [0.717, 1.165) is 50.4 Å². The molecule has 4 rings (SSSR count). The summed E-state index contributed by atoms with van der Waals surface area (Å²) in [6.45, 7) is 3.96. The van der Waals surface area contributed by atoms with Gasteiger partial charge in [0.25, 0.3) is 0 Å². The number of carbonyl (C=O) groups excluding carboxylic acids is 2. The Kier molecular flexibility index (Phi) is 10.8. The van der Waals surface area contributed by atoms with Crippen molar-refractivity contribution in [3.05, 3.63) is 34.9 Å². The molecular weight excluding hydrogens is 492 g/mol. The van der Waals surface area contributed by atoms with Crippen molar-refractivity contribution in [2.75, 3.05) is 46.4 Å². The fraction of sp³-hybridized carbons (Fsp3) is 0.714. The number of piperidine rings is 2. The lowest BCUT2D eigenvalue weighted by molar-refractivity contribution is -0.00887. The average Bonchev–Trinajstić information content (AvgIpc) is 2.93. The first kappa shape index (κ1) is 28.0. The first-order chi connectivity index (χ1) is 18.0. The molecule has 206 valence electrons. The molecule has 3 aliphatic rings. The van der Waals surface area contributed by atoms with Crippen LogP contribution < -0.4 is 16.0 Å². The number of amides is 3. The van der Waals surface area contributed by atoms with Crippen molar-refractivity contribution in [3.63, 3.8) is 0 Å². The molecule has 0 spiro atoms. The fourth-order valence-electron chi connectivity index (χ4n) is 6.45. The van der Waals surface area contributed by atoms with Gasteiger partial charge in [-0.15, -0.1) is 0 Å². The van der Waals surface area contributed by atoms with Crippen molar-refractivity contribution in [1.29, 1.82) is 0 Å². The monoisotopic (exact) mass is 534 g/mol. The summed E-state index contributed by atoms with van der Waals surface area (Å²) in [5.74, 6) is 1.43. The highest BCUT2D eigenvalue weighted by Crippen LogP contribution is 2.36. The van der Waals surface area contributed by atoms with Crippen molar-refractivity contribution in [2.45, 2.75) is 63.5 Å². The number of benzene rings is 1.